The number of fused-ring (bicyclic) bond motifs is 6. The van der Waals surface area contributed by atoms with Crippen LogP contribution in [-0.2, 0) is 9.53 Å². The molecule has 0 amide bonds. The highest BCUT2D eigenvalue weighted by atomic mass is 79.9. The molecule has 2 aromatic carbocycles. The maximum atomic E-state index is 13.3. The minimum absolute atomic E-state index is 0.120. The Balaban J connectivity index is 0.932. The van der Waals surface area contributed by atoms with Gasteiger partial charge in [-0.3, -0.25) is 4.79 Å². The molecule has 53 heavy (non-hydrogen) atoms. The molecular formula is C46H59BrO6. The number of hydrogen-bond donors (Lipinski definition) is 0. The number of esters is 1. The van der Waals surface area contributed by atoms with E-state index in [0.717, 1.165) is 59.2 Å². The average Bonchev–Trinajstić information content (AvgIpc) is 3.12. The van der Waals surface area contributed by atoms with E-state index in [9.17, 15) is 9.59 Å². The number of aryl methyl sites for hydroxylation is 1. The van der Waals surface area contributed by atoms with Gasteiger partial charge >= 0.3 is 5.97 Å². The molecule has 0 bridgehead atoms. The van der Waals surface area contributed by atoms with Crippen molar-refractivity contribution in [2.75, 3.05) is 6.61 Å². The first-order chi connectivity index (χ1) is 25.3. The van der Waals surface area contributed by atoms with Gasteiger partial charge in [0, 0.05) is 17.0 Å². The summed E-state index contributed by atoms with van der Waals surface area (Å²) >= 11 is 3.41. The molecular weight excluding hydrogens is 728 g/mol. The summed E-state index contributed by atoms with van der Waals surface area (Å²) in [6.45, 7) is 13.9. The lowest BCUT2D eigenvalue weighted by Crippen LogP contribution is -2.52. The second kappa shape index (κ2) is 15.6. The summed E-state index contributed by atoms with van der Waals surface area (Å²) in [6, 6.07) is 12.2. The molecule has 0 spiro atoms. The van der Waals surface area contributed by atoms with Crippen molar-refractivity contribution < 1.29 is 23.4 Å². The first-order valence-electron chi connectivity index (χ1n) is 20.4. The Bertz CT molecular complexity index is 1880. The summed E-state index contributed by atoms with van der Waals surface area (Å²) < 4.78 is 24.6. The van der Waals surface area contributed by atoms with Crippen LogP contribution in [0.1, 0.15) is 117 Å². The van der Waals surface area contributed by atoms with E-state index in [1.54, 1.807) is 37.3 Å². The number of carbonyl (C=O) groups is 1. The Kier molecular flexibility index (Phi) is 11.2. The third-order valence-electron chi connectivity index (χ3n) is 14.1. The Labute approximate surface area is 324 Å². The van der Waals surface area contributed by atoms with Gasteiger partial charge in [-0.05, 0) is 141 Å². The molecule has 7 heteroatoms. The molecule has 8 atom stereocenters. The summed E-state index contributed by atoms with van der Waals surface area (Å²) in [5.74, 6) is 6.03. The van der Waals surface area contributed by atoms with Crippen molar-refractivity contribution in [1.29, 1.82) is 0 Å². The van der Waals surface area contributed by atoms with Crippen LogP contribution in [0.2, 0.25) is 0 Å². The van der Waals surface area contributed by atoms with Gasteiger partial charge in [0.2, 0.25) is 11.2 Å². The van der Waals surface area contributed by atoms with E-state index in [4.69, 9.17) is 18.6 Å². The van der Waals surface area contributed by atoms with Gasteiger partial charge in [-0.25, -0.2) is 4.79 Å². The monoisotopic (exact) mass is 786 g/mol. The standard InChI is InChI=1S/C46H59BrO6/c1-28(2)8-7-9-29(3)31-10-19-39-37-17-11-32-24-36(20-23-46(32,6)40(37)21-22-45(39,5)26-31)52-42(48)27-50-35-16-18-38-41(25-35)51-30(4)44(43(38)49)53-34-14-12-33(47)13-15-34/h11-16,18,25,28-29,31,36-37,39-40H,7-10,17,19-24,26-27H2,1-6H3/t29-,31+,36+,37-,39+,40-,45-,46+/m1/s1. The highest BCUT2D eigenvalue weighted by Crippen LogP contribution is 2.65. The summed E-state index contributed by atoms with van der Waals surface area (Å²) in [4.78, 5) is 26.3. The van der Waals surface area contributed by atoms with Crippen molar-refractivity contribution in [2.24, 2.45) is 46.3 Å². The number of ether oxygens (including phenoxy) is 3. The summed E-state index contributed by atoms with van der Waals surface area (Å²) in [5, 5.41) is 0.378. The van der Waals surface area contributed by atoms with Crippen LogP contribution in [0, 0.1) is 53.3 Å². The molecule has 286 valence electrons. The normalized spacial score (nSPS) is 30.1. The second-order valence-electron chi connectivity index (χ2n) is 18.0. The first kappa shape index (κ1) is 38.2. The first-order valence-corrected chi connectivity index (χ1v) is 21.1. The average molecular weight is 788 g/mol. The largest absolute Gasteiger partial charge is 0.482 e. The molecule has 0 unspecified atom stereocenters. The van der Waals surface area contributed by atoms with E-state index in [2.05, 4.69) is 56.6 Å². The highest BCUT2D eigenvalue weighted by molar-refractivity contribution is 9.10. The predicted molar refractivity (Wildman–Crippen MR) is 214 cm³/mol. The molecule has 0 radical (unpaired) electrons. The molecule has 3 aromatic rings. The van der Waals surface area contributed by atoms with E-state index in [-0.39, 0.29) is 35.3 Å². The topological polar surface area (TPSA) is 75.0 Å². The molecule has 4 aliphatic carbocycles. The smallest absolute Gasteiger partial charge is 0.344 e. The fourth-order valence-electron chi connectivity index (χ4n) is 11.1. The van der Waals surface area contributed by atoms with Crippen LogP contribution in [0.5, 0.6) is 17.2 Å². The second-order valence-corrected chi connectivity index (χ2v) is 18.9. The highest BCUT2D eigenvalue weighted by Gasteiger charge is 2.56. The van der Waals surface area contributed by atoms with Gasteiger partial charge in [0.1, 0.15) is 28.9 Å². The fourth-order valence-corrected chi connectivity index (χ4v) is 11.3. The van der Waals surface area contributed by atoms with Crippen LogP contribution >= 0.6 is 15.9 Å². The minimum Gasteiger partial charge on any atom is -0.482 e. The van der Waals surface area contributed by atoms with Crippen molar-refractivity contribution in [3.8, 4) is 17.2 Å². The number of hydrogen-bond acceptors (Lipinski definition) is 6. The maximum absolute atomic E-state index is 13.3. The number of carbonyl (C=O) groups excluding carboxylic acids is 1. The van der Waals surface area contributed by atoms with Crippen LogP contribution < -0.4 is 14.9 Å². The lowest BCUT2D eigenvalue weighted by atomic mass is 9.44. The molecule has 6 nitrogen and oxygen atoms in total. The van der Waals surface area contributed by atoms with Crippen LogP contribution in [0.4, 0.5) is 0 Å². The Morgan fingerprint density at radius 1 is 0.962 bits per heavy atom. The van der Waals surface area contributed by atoms with E-state index in [1.807, 2.05) is 12.1 Å². The van der Waals surface area contributed by atoms with Crippen molar-refractivity contribution in [1.82, 2.24) is 0 Å². The predicted octanol–water partition coefficient (Wildman–Crippen LogP) is 12.4. The zero-order valence-electron chi connectivity index (χ0n) is 32.7. The fraction of sp³-hybridized carbons (Fsp3) is 0.609. The zero-order valence-corrected chi connectivity index (χ0v) is 34.3. The third kappa shape index (κ3) is 8.02. The lowest BCUT2D eigenvalue weighted by Gasteiger charge is -2.61. The van der Waals surface area contributed by atoms with Gasteiger partial charge in [0.25, 0.3) is 0 Å². The van der Waals surface area contributed by atoms with E-state index < -0.39 is 0 Å². The number of benzene rings is 2. The molecule has 7 rings (SSSR count). The Morgan fingerprint density at radius 3 is 2.51 bits per heavy atom. The van der Waals surface area contributed by atoms with Crippen LogP contribution in [0.15, 0.2) is 67.8 Å². The quantitative estimate of drug-likeness (QED) is 0.142. The zero-order chi connectivity index (χ0) is 37.5. The van der Waals surface area contributed by atoms with E-state index in [1.165, 1.54) is 63.4 Å². The molecule has 0 saturated heterocycles. The van der Waals surface area contributed by atoms with Crippen molar-refractivity contribution in [2.45, 2.75) is 125 Å². The molecule has 1 heterocycles. The molecule has 0 N–H and O–H groups in total. The SMILES string of the molecule is Cc1oc2cc(OCC(=O)O[C@H]3CC[C@@]4(C)C(=CC[C@H]5[C@H]4CC[C@]4(C)C[C@@H]([C@H](C)CCCC(C)C)CC[C@@H]54)C3)ccc2c(=O)c1Oc1ccc(Br)cc1. The van der Waals surface area contributed by atoms with E-state index >= 15 is 0 Å². The lowest BCUT2D eigenvalue weighted by molar-refractivity contribution is -0.154. The van der Waals surface area contributed by atoms with Crippen molar-refractivity contribution in [3.63, 3.8) is 0 Å². The Hall–Kier alpha value is -3.06. The number of allylic oxidation sites excluding steroid dienone is 1. The van der Waals surface area contributed by atoms with Gasteiger partial charge < -0.3 is 18.6 Å². The Morgan fingerprint density at radius 2 is 1.74 bits per heavy atom. The summed E-state index contributed by atoms with van der Waals surface area (Å²) in [7, 11) is 0. The van der Waals surface area contributed by atoms with Gasteiger partial charge in [-0.1, -0.05) is 81.5 Å². The molecule has 3 fully saturated rings. The van der Waals surface area contributed by atoms with Crippen LogP contribution in [-0.4, -0.2) is 18.7 Å². The van der Waals surface area contributed by atoms with Crippen LogP contribution in [0.25, 0.3) is 11.0 Å². The number of halogens is 1. The molecule has 4 aliphatic rings. The van der Waals surface area contributed by atoms with Gasteiger partial charge in [-0.2, -0.15) is 0 Å². The minimum atomic E-state index is -0.368. The maximum Gasteiger partial charge on any atom is 0.344 e. The molecule has 1 aromatic heterocycles. The van der Waals surface area contributed by atoms with Gasteiger partial charge in [-0.15, -0.1) is 0 Å². The van der Waals surface area contributed by atoms with Gasteiger partial charge in [0.15, 0.2) is 6.61 Å². The van der Waals surface area contributed by atoms with Gasteiger partial charge in [0.05, 0.1) is 5.39 Å². The summed E-state index contributed by atoms with van der Waals surface area (Å²) in [5.41, 5.74) is 2.32. The van der Waals surface area contributed by atoms with Crippen molar-refractivity contribution >= 4 is 32.9 Å². The van der Waals surface area contributed by atoms with E-state index in [0.29, 0.717) is 33.6 Å². The van der Waals surface area contributed by atoms with Crippen molar-refractivity contribution in [3.05, 3.63) is 74.6 Å². The van der Waals surface area contributed by atoms with Crippen LogP contribution in [0.3, 0.4) is 0 Å². The molecule has 3 saturated carbocycles. The third-order valence-corrected chi connectivity index (χ3v) is 14.6. The summed E-state index contributed by atoms with van der Waals surface area (Å²) in [6.07, 6.45) is 17.5. The number of rotatable bonds is 11. The molecule has 0 aliphatic heterocycles.